The molecule has 102 valence electrons. The molecule has 2 aromatic rings. The van der Waals surface area contributed by atoms with E-state index in [9.17, 15) is 8.42 Å². The van der Waals surface area contributed by atoms with Gasteiger partial charge in [-0.15, -0.1) is 0 Å². The van der Waals surface area contributed by atoms with Crippen LogP contribution in [0, 0.1) is 6.92 Å². The largest absolute Gasteiger partial charge is 0.399 e. The van der Waals surface area contributed by atoms with Crippen LogP contribution < -0.4 is 5.73 Å². The molecule has 2 N–H and O–H groups in total. The number of sulfone groups is 1. The first kappa shape index (κ1) is 13.6. The Morgan fingerprint density at radius 2 is 2.11 bits per heavy atom. The van der Waals surface area contributed by atoms with Gasteiger partial charge in [-0.3, -0.25) is 4.68 Å². The van der Waals surface area contributed by atoms with Crippen LogP contribution >= 0.6 is 0 Å². The van der Waals surface area contributed by atoms with Crippen molar-refractivity contribution in [3.63, 3.8) is 0 Å². The highest BCUT2D eigenvalue weighted by Crippen LogP contribution is 2.22. The molecule has 0 fully saturated rings. The summed E-state index contributed by atoms with van der Waals surface area (Å²) in [6, 6.07) is 4.93. The Kier molecular flexibility index (Phi) is 3.61. The average Bonchev–Trinajstić information content (AvgIpc) is 2.79. The second-order valence-electron chi connectivity index (χ2n) is 4.49. The Labute approximate surface area is 113 Å². The van der Waals surface area contributed by atoms with E-state index in [1.54, 1.807) is 36.1 Å². The van der Waals surface area contributed by atoms with Crippen molar-refractivity contribution in [2.75, 3.05) is 5.73 Å². The minimum atomic E-state index is -3.39. The first-order valence-electron chi connectivity index (χ1n) is 6.02. The van der Waals surface area contributed by atoms with Gasteiger partial charge in [-0.25, -0.2) is 8.42 Å². The maximum atomic E-state index is 12.4. The number of anilines is 1. The van der Waals surface area contributed by atoms with Crippen molar-refractivity contribution in [3.8, 4) is 0 Å². The van der Waals surface area contributed by atoms with E-state index in [1.807, 2.05) is 6.92 Å². The standard InChI is InChI=1S/C13H17N3O2S/c1-3-16-8-11(7-15-16)9-19(17,18)13-6-12(14)5-4-10(13)2/h4-8H,3,9,14H2,1-2H3. The lowest BCUT2D eigenvalue weighted by Crippen LogP contribution is -2.07. The Hall–Kier alpha value is -1.82. The topological polar surface area (TPSA) is 78.0 Å². The van der Waals surface area contributed by atoms with E-state index in [-0.39, 0.29) is 10.6 Å². The zero-order chi connectivity index (χ0) is 14.0. The molecule has 0 bridgehead atoms. The first-order chi connectivity index (χ1) is 8.92. The summed E-state index contributed by atoms with van der Waals surface area (Å²) in [6.07, 6.45) is 3.34. The molecular formula is C13H17N3O2S. The van der Waals surface area contributed by atoms with Gasteiger partial charge < -0.3 is 5.73 Å². The van der Waals surface area contributed by atoms with Crippen LogP contribution in [0.25, 0.3) is 0 Å². The molecule has 0 aliphatic rings. The molecule has 5 nitrogen and oxygen atoms in total. The quantitative estimate of drug-likeness (QED) is 0.865. The maximum Gasteiger partial charge on any atom is 0.182 e. The molecule has 1 heterocycles. The van der Waals surface area contributed by atoms with Gasteiger partial charge in [0.05, 0.1) is 16.8 Å². The molecule has 0 spiro atoms. The smallest absolute Gasteiger partial charge is 0.182 e. The molecule has 0 unspecified atom stereocenters. The van der Waals surface area contributed by atoms with Crippen molar-refractivity contribution in [1.29, 1.82) is 0 Å². The molecule has 0 radical (unpaired) electrons. The molecular weight excluding hydrogens is 262 g/mol. The van der Waals surface area contributed by atoms with Gasteiger partial charge in [0.25, 0.3) is 0 Å². The van der Waals surface area contributed by atoms with Gasteiger partial charge in [0.15, 0.2) is 9.84 Å². The first-order valence-corrected chi connectivity index (χ1v) is 7.68. The molecule has 0 saturated heterocycles. The summed E-state index contributed by atoms with van der Waals surface area (Å²) in [5, 5.41) is 4.08. The maximum absolute atomic E-state index is 12.4. The lowest BCUT2D eigenvalue weighted by molar-refractivity contribution is 0.594. The number of nitrogen functional groups attached to an aromatic ring is 1. The zero-order valence-corrected chi connectivity index (χ0v) is 11.8. The highest BCUT2D eigenvalue weighted by molar-refractivity contribution is 7.90. The van der Waals surface area contributed by atoms with Crippen molar-refractivity contribution in [1.82, 2.24) is 9.78 Å². The van der Waals surface area contributed by atoms with Crippen molar-refractivity contribution < 1.29 is 8.42 Å². The summed E-state index contributed by atoms with van der Waals surface area (Å²) < 4.78 is 26.5. The van der Waals surface area contributed by atoms with Crippen molar-refractivity contribution >= 4 is 15.5 Å². The molecule has 0 atom stereocenters. The lowest BCUT2D eigenvalue weighted by Gasteiger charge is -2.07. The molecule has 0 amide bonds. The monoisotopic (exact) mass is 279 g/mol. The molecule has 6 heteroatoms. The fraction of sp³-hybridized carbons (Fsp3) is 0.308. The molecule has 1 aromatic carbocycles. The van der Waals surface area contributed by atoms with Crippen molar-refractivity contribution in [2.24, 2.45) is 0 Å². The van der Waals surface area contributed by atoms with Crippen LogP contribution in [0.2, 0.25) is 0 Å². The zero-order valence-electron chi connectivity index (χ0n) is 11.0. The average molecular weight is 279 g/mol. The van der Waals surface area contributed by atoms with Crippen LogP contribution in [0.15, 0.2) is 35.5 Å². The fourth-order valence-electron chi connectivity index (χ4n) is 1.90. The number of hydrogen-bond donors (Lipinski definition) is 1. The van der Waals surface area contributed by atoms with Gasteiger partial charge in [-0.2, -0.15) is 5.10 Å². The van der Waals surface area contributed by atoms with Crippen LogP contribution in [0.5, 0.6) is 0 Å². The van der Waals surface area contributed by atoms with Crippen LogP contribution in [0.4, 0.5) is 5.69 Å². The second kappa shape index (κ2) is 5.05. The van der Waals surface area contributed by atoms with E-state index in [0.29, 0.717) is 16.8 Å². The van der Waals surface area contributed by atoms with E-state index in [0.717, 1.165) is 6.54 Å². The Bertz CT molecular complexity index is 690. The highest BCUT2D eigenvalue weighted by atomic mass is 32.2. The summed E-state index contributed by atoms with van der Waals surface area (Å²) in [5.41, 5.74) is 7.50. The normalized spacial score (nSPS) is 11.7. The van der Waals surface area contributed by atoms with E-state index in [4.69, 9.17) is 5.73 Å². The Morgan fingerprint density at radius 3 is 2.74 bits per heavy atom. The number of benzene rings is 1. The molecule has 2 rings (SSSR count). The predicted octanol–water partition coefficient (Wildman–Crippen LogP) is 1.77. The summed E-state index contributed by atoms with van der Waals surface area (Å²) >= 11 is 0. The second-order valence-corrected chi connectivity index (χ2v) is 6.45. The third kappa shape index (κ3) is 2.96. The van der Waals surface area contributed by atoms with Gasteiger partial charge in [0.2, 0.25) is 0 Å². The Balaban J connectivity index is 2.34. The van der Waals surface area contributed by atoms with Crippen LogP contribution in [0.1, 0.15) is 18.1 Å². The van der Waals surface area contributed by atoms with Gasteiger partial charge in [0, 0.05) is 24.0 Å². The van der Waals surface area contributed by atoms with E-state index < -0.39 is 9.84 Å². The molecule has 0 aliphatic carbocycles. The summed E-state index contributed by atoms with van der Waals surface area (Å²) in [4.78, 5) is 0.289. The number of hydrogen-bond acceptors (Lipinski definition) is 4. The summed E-state index contributed by atoms with van der Waals surface area (Å²) in [6.45, 7) is 4.44. The number of rotatable bonds is 4. The number of aryl methyl sites for hydroxylation is 2. The summed E-state index contributed by atoms with van der Waals surface area (Å²) in [7, 11) is -3.39. The Morgan fingerprint density at radius 1 is 1.37 bits per heavy atom. The number of nitrogens with zero attached hydrogens (tertiary/aromatic N) is 2. The lowest BCUT2D eigenvalue weighted by atomic mass is 10.2. The van der Waals surface area contributed by atoms with Crippen LogP contribution in [0.3, 0.4) is 0 Å². The molecule has 19 heavy (non-hydrogen) atoms. The third-order valence-electron chi connectivity index (χ3n) is 2.91. The van der Waals surface area contributed by atoms with E-state index in [2.05, 4.69) is 5.10 Å². The number of nitrogens with two attached hydrogens (primary N) is 1. The van der Waals surface area contributed by atoms with E-state index >= 15 is 0 Å². The fourth-order valence-corrected chi connectivity index (χ4v) is 3.52. The minimum Gasteiger partial charge on any atom is -0.399 e. The minimum absolute atomic E-state index is 0.0582. The highest BCUT2D eigenvalue weighted by Gasteiger charge is 2.19. The van der Waals surface area contributed by atoms with Crippen LogP contribution in [-0.4, -0.2) is 18.2 Å². The van der Waals surface area contributed by atoms with E-state index in [1.165, 1.54) is 6.07 Å². The van der Waals surface area contributed by atoms with Gasteiger partial charge in [0.1, 0.15) is 0 Å². The van der Waals surface area contributed by atoms with Crippen molar-refractivity contribution in [3.05, 3.63) is 41.7 Å². The molecule has 0 aliphatic heterocycles. The van der Waals surface area contributed by atoms with Crippen LogP contribution in [-0.2, 0) is 22.1 Å². The van der Waals surface area contributed by atoms with Gasteiger partial charge in [-0.1, -0.05) is 6.07 Å². The summed E-state index contributed by atoms with van der Waals surface area (Å²) in [5.74, 6) is -0.0582. The third-order valence-corrected chi connectivity index (χ3v) is 4.74. The molecule has 1 aromatic heterocycles. The number of aromatic nitrogens is 2. The van der Waals surface area contributed by atoms with Gasteiger partial charge in [-0.05, 0) is 31.5 Å². The SMILES string of the molecule is CCn1cc(CS(=O)(=O)c2cc(N)ccc2C)cn1. The molecule has 0 saturated carbocycles. The van der Waals surface area contributed by atoms with Gasteiger partial charge >= 0.3 is 0 Å². The van der Waals surface area contributed by atoms with Crippen molar-refractivity contribution in [2.45, 2.75) is 31.0 Å². The predicted molar refractivity (Wildman–Crippen MR) is 74.4 cm³/mol.